The Kier molecular flexibility index (Phi) is 5.26. The molecule has 1 aromatic heterocycles. The van der Waals surface area contributed by atoms with Gasteiger partial charge in [0.05, 0.1) is 11.6 Å². The molecule has 0 atom stereocenters. The van der Waals surface area contributed by atoms with Crippen LogP contribution in [0.1, 0.15) is 33.6 Å². The van der Waals surface area contributed by atoms with Crippen LogP contribution in [-0.2, 0) is 11.3 Å². The minimum Gasteiger partial charge on any atom is -0.490 e. The Balaban J connectivity index is 2.13. The lowest BCUT2D eigenvalue weighted by molar-refractivity contribution is -0.121. The highest BCUT2D eigenvalue weighted by atomic mass is 16.5. The number of hydrogen-bond acceptors (Lipinski definition) is 2. The molecule has 114 valence electrons. The SMILES string of the molecule is CCCCNC(=O)Cn1ccc2c(OC(C)C)cccc21. The summed E-state index contributed by atoms with van der Waals surface area (Å²) < 4.78 is 7.77. The van der Waals surface area contributed by atoms with E-state index in [0.29, 0.717) is 6.54 Å². The highest BCUT2D eigenvalue weighted by molar-refractivity contribution is 5.88. The van der Waals surface area contributed by atoms with Gasteiger partial charge in [-0.2, -0.15) is 0 Å². The first-order valence-corrected chi connectivity index (χ1v) is 7.63. The normalized spacial score (nSPS) is 11.0. The van der Waals surface area contributed by atoms with Crippen LogP contribution >= 0.6 is 0 Å². The van der Waals surface area contributed by atoms with Crippen LogP contribution in [0, 0.1) is 0 Å². The van der Waals surface area contributed by atoms with Crippen molar-refractivity contribution in [3.05, 3.63) is 30.5 Å². The van der Waals surface area contributed by atoms with Crippen molar-refractivity contribution < 1.29 is 9.53 Å². The Hall–Kier alpha value is -1.97. The number of unbranched alkanes of at least 4 members (excludes halogenated alkanes) is 1. The number of ether oxygens (including phenoxy) is 1. The highest BCUT2D eigenvalue weighted by Gasteiger charge is 2.10. The molecule has 0 aliphatic heterocycles. The summed E-state index contributed by atoms with van der Waals surface area (Å²) in [5.74, 6) is 0.920. The van der Waals surface area contributed by atoms with Gasteiger partial charge in [-0.3, -0.25) is 4.79 Å². The van der Waals surface area contributed by atoms with Crippen molar-refractivity contribution >= 4 is 16.8 Å². The van der Waals surface area contributed by atoms with E-state index in [-0.39, 0.29) is 12.0 Å². The molecule has 2 rings (SSSR count). The number of nitrogens with one attached hydrogen (secondary N) is 1. The maximum absolute atomic E-state index is 11.9. The maximum atomic E-state index is 11.9. The third kappa shape index (κ3) is 4.00. The molecular formula is C17H24N2O2. The fraction of sp³-hybridized carbons (Fsp3) is 0.471. The first-order valence-electron chi connectivity index (χ1n) is 7.63. The predicted molar refractivity (Wildman–Crippen MR) is 85.6 cm³/mol. The van der Waals surface area contributed by atoms with Crippen LogP contribution in [0.5, 0.6) is 5.75 Å². The van der Waals surface area contributed by atoms with E-state index in [9.17, 15) is 4.79 Å². The number of nitrogens with zero attached hydrogens (tertiary/aromatic N) is 1. The van der Waals surface area contributed by atoms with Crippen molar-refractivity contribution in [1.29, 1.82) is 0 Å². The molecule has 1 amide bonds. The minimum absolute atomic E-state index is 0.0520. The summed E-state index contributed by atoms with van der Waals surface area (Å²) in [5, 5.41) is 3.99. The summed E-state index contributed by atoms with van der Waals surface area (Å²) in [6, 6.07) is 7.95. The van der Waals surface area contributed by atoms with E-state index < -0.39 is 0 Å². The number of hydrogen-bond donors (Lipinski definition) is 1. The number of rotatable bonds is 7. The minimum atomic E-state index is 0.0520. The Bertz CT molecular complexity index is 602. The van der Waals surface area contributed by atoms with E-state index in [2.05, 4.69) is 12.2 Å². The Morgan fingerprint density at radius 3 is 2.86 bits per heavy atom. The molecule has 1 heterocycles. The van der Waals surface area contributed by atoms with Crippen molar-refractivity contribution in [3.63, 3.8) is 0 Å². The van der Waals surface area contributed by atoms with Gasteiger partial charge in [0.25, 0.3) is 0 Å². The van der Waals surface area contributed by atoms with Gasteiger partial charge in [-0.05, 0) is 38.5 Å². The van der Waals surface area contributed by atoms with Crippen LogP contribution in [0.2, 0.25) is 0 Å². The average molecular weight is 288 g/mol. The second kappa shape index (κ2) is 7.16. The van der Waals surface area contributed by atoms with Gasteiger partial charge in [0.15, 0.2) is 0 Å². The van der Waals surface area contributed by atoms with Gasteiger partial charge in [-0.15, -0.1) is 0 Å². The number of amides is 1. The van der Waals surface area contributed by atoms with Gasteiger partial charge in [0.2, 0.25) is 5.91 Å². The van der Waals surface area contributed by atoms with E-state index in [1.807, 2.05) is 48.9 Å². The third-order valence-electron chi connectivity index (χ3n) is 3.30. The van der Waals surface area contributed by atoms with E-state index in [1.165, 1.54) is 0 Å². The molecule has 1 aromatic carbocycles. The molecule has 0 radical (unpaired) electrons. The zero-order chi connectivity index (χ0) is 15.2. The third-order valence-corrected chi connectivity index (χ3v) is 3.30. The van der Waals surface area contributed by atoms with Crippen molar-refractivity contribution in [3.8, 4) is 5.75 Å². The first-order chi connectivity index (χ1) is 10.1. The van der Waals surface area contributed by atoms with Gasteiger partial charge < -0.3 is 14.6 Å². The number of carbonyl (C=O) groups is 1. The van der Waals surface area contributed by atoms with Gasteiger partial charge in [0.1, 0.15) is 12.3 Å². The molecule has 2 aromatic rings. The molecule has 0 aliphatic carbocycles. The quantitative estimate of drug-likeness (QED) is 0.794. The largest absolute Gasteiger partial charge is 0.490 e. The van der Waals surface area contributed by atoms with Gasteiger partial charge in [-0.1, -0.05) is 19.4 Å². The smallest absolute Gasteiger partial charge is 0.239 e. The molecule has 0 spiro atoms. The molecule has 1 N–H and O–H groups in total. The van der Waals surface area contributed by atoms with E-state index in [1.54, 1.807) is 0 Å². The predicted octanol–water partition coefficient (Wildman–Crippen LogP) is 3.34. The molecule has 0 bridgehead atoms. The van der Waals surface area contributed by atoms with Crippen LogP contribution in [0.3, 0.4) is 0 Å². The fourth-order valence-corrected chi connectivity index (χ4v) is 2.30. The maximum Gasteiger partial charge on any atom is 0.239 e. The van der Waals surface area contributed by atoms with E-state index >= 15 is 0 Å². The molecule has 0 saturated heterocycles. The van der Waals surface area contributed by atoms with Crippen LogP contribution in [-0.4, -0.2) is 23.1 Å². The first kappa shape index (κ1) is 15.4. The second-order valence-electron chi connectivity index (χ2n) is 5.50. The summed E-state index contributed by atoms with van der Waals surface area (Å²) in [6.45, 7) is 7.23. The Morgan fingerprint density at radius 2 is 2.14 bits per heavy atom. The van der Waals surface area contributed by atoms with Crippen molar-refractivity contribution in [1.82, 2.24) is 9.88 Å². The van der Waals surface area contributed by atoms with Crippen molar-refractivity contribution in [2.75, 3.05) is 6.54 Å². The van der Waals surface area contributed by atoms with Crippen molar-refractivity contribution in [2.24, 2.45) is 0 Å². The van der Waals surface area contributed by atoms with Gasteiger partial charge in [0, 0.05) is 18.1 Å². The van der Waals surface area contributed by atoms with Crippen LogP contribution in [0.4, 0.5) is 0 Å². The Morgan fingerprint density at radius 1 is 1.33 bits per heavy atom. The second-order valence-corrected chi connectivity index (χ2v) is 5.50. The molecule has 0 aliphatic rings. The zero-order valence-corrected chi connectivity index (χ0v) is 13.1. The molecule has 0 fully saturated rings. The lowest BCUT2D eigenvalue weighted by atomic mass is 10.2. The van der Waals surface area contributed by atoms with Crippen LogP contribution in [0.15, 0.2) is 30.5 Å². The summed E-state index contributed by atoms with van der Waals surface area (Å²) in [4.78, 5) is 11.9. The number of carbonyl (C=O) groups excluding carboxylic acids is 1. The Labute approximate surface area is 126 Å². The van der Waals surface area contributed by atoms with Gasteiger partial charge >= 0.3 is 0 Å². The monoisotopic (exact) mass is 288 g/mol. The highest BCUT2D eigenvalue weighted by Crippen LogP contribution is 2.27. The van der Waals surface area contributed by atoms with Crippen LogP contribution in [0.25, 0.3) is 10.9 Å². The number of benzene rings is 1. The summed E-state index contributed by atoms with van der Waals surface area (Å²) in [6.07, 6.45) is 4.18. The topological polar surface area (TPSA) is 43.3 Å². The average Bonchev–Trinajstić information content (AvgIpc) is 2.83. The lowest BCUT2D eigenvalue weighted by Crippen LogP contribution is -2.28. The summed E-state index contributed by atoms with van der Waals surface area (Å²) in [7, 11) is 0. The standard InChI is InChI=1S/C17H24N2O2/c1-4-5-10-18-17(20)12-19-11-9-14-15(19)7-6-8-16(14)21-13(2)3/h6-9,11,13H,4-5,10,12H2,1-3H3,(H,18,20). The molecule has 0 unspecified atom stereocenters. The molecular weight excluding hydrogens is 264 g/mol. The molecule has 21 heavy (non-hydrogen) atoms. The van der Waals surface area contributed by atoms with Crippen molar-refractivity contribution in [2.45, 2.75) is 46.3 Å². The summed E-state index contributed by atoms with van der Waals surface area (Å²) >= 11 is 0. The molecule has 0 saturated carbocycles. The summed E-state index contributed by atoms with van der Waals surface area (Å²) in [5.41, 5.74) is 1.03. The molecule has 4 heteroatoms. The van der Waals surface area contributed by atoms with Crippen LogP contribution < -0.4 is 10.1 Å². The lowest BCUT2D eigenvalue weighted by Gasteiger charge is -2.11. The fourth-order valence-electron chi connectivity index (χ4n) is 2.30. The van der Waals surface area contributed by atoms with Gasteiger partial charge in [-0.25, -0.2) is 0 Å². The molecule has 4 nitrogen and oxygen atoms in total. The van der Waals surface area contributed by atoms with E-state index in [0.717, 1.165) is 36.0 Å². The zero-order valence-electron chi connectivity index (χ0n) is 13.1. The van der Waals surface area contributed by atoms with E-state index in [4.69, 9.17) is 4.74 Å². The number of fused-ring (bicyclic) bond motifs is 1. The number of aromatic nitrogens is 1.